The Morgan fingerprint density at radius 3 is 2.45 bits per heavy atom. The van der Waals surface area contributed by atoms with Crippen LogP contribution >= 0.6 is 12.4 Å². The second-order valence-electron chi connectivity index (χ2n) is 8.22. The van der Waals surface area contributed by atoms with E-state index >= 15 is 0 Å². The van der Waals surface area contributed by atoms with Gasteiger partial charge in [0.05, 0.1) is 5.92 Å². The Hall–Kier alpha value is -2.04. The molecule has 0 aliphatic carbocycles. The first kappa shape index (κ1) is 21.7. The molecule has 2 aromatic carbocycles. The van der Waals surface area contributed by atoms with Crippen LogP contribution in [0.3, 0.4) is 0 Å². The van der Waals surface area contributed by atoms with Crippen molar-refractivity contribution in [3.8, 4) is 0 Å². The third kappa shape index (κ3) is 4.76. The van der Waals surface area contributed by atoms with Crippen molar-refractivity contribution in [2.24, 2.45) is 5.92 Å². The molecule has 2 atom stereocenters. The summed E-state index contributed by atoms with van der Waals surface area (Å²) in [5, 5.41) is 3.44. The van der Waals surface area contributed by atoms with Crippen LogP contribution in [0.4, 0.5) is 5.69 Å². The van der Waals surface area contributed by atoms with Crippen molar-refractivity contribution in [3.05, 3.63) is 65.2 Å². The van der Waals surface area contributed by atoms with E-state index in [0.717, 1.165) is 45.7 Å². The van der Waals surface area contributed by atoms with E-state index in [0.29, 0.717) is 11.8 Å². The Morgan fingerprint density at radius 2 is 1.72 bits per heavy atom. The van der Waals surface area contributed by atoms with Gasteiger partial charge in [-0.15, -0.1) is 12.4 Å². The molecule has 0 radical (unpaired) electrons. The van der Waals surface area contributed by atoms with Crippen molar-refractivity contribution in [3.63, 3.8) is 0 Å². The Balaban J connectivity index is 0.00000240. The van der Waals surface area contributed by atoms with Crippen LogP contribution in [0.15, 0.2) is 48.5 Å². The molecule has 2 heterocycles. The summed E-state index contributed by atoms with van der Waals surface area (Å²) in [7, 11) is 0. The molecule has 29 heavy (non-hydrogen) atoms. The summed E-state index contributed by atoms with van der Waals surface area (Å²) in [4.78, 5) is 17.9. The molecule has 5 heteroatoms. The molecular formula is C24H32ClN3O. The molecular weight excluding hydrogens is 382 g/mol. The Kier molecular flexibility index (Phi) is 7.20. The lowest BCUT2D eigenvalue weighted by Crippen LogP contribution is -2.53. The largest absolute Gasteiger partial charge is 0.368 e. The van der Waals surface area contributed by atoms with Crippen molar-refractivity contribution in [2.45, 2.75) is 26.2 Å². The van der Waals surface area contributed by atoms with Gasteiger partial charge in [0, 0.05) is 38.4 Å². The van der Waals surface area contributed by atoms with E-state index in [1.807, 2.05) is 6.07 Å². The topological polar surface area (TPSA) is 35.6 Å². The number of benzene rings is 2. The highest BCUT2D eigenvalue weighted by atomic mass is 35.5. The first-order chi connectivity index (χ1) is 13.6. The zero-order chi connectivity index (χ0) is 19.5. The minimum Gasteiger partial charge on any atom is -0.368 e. The van der Waals surface area contributed by atoms with Gasteiger partial charge in [0.25, 0.3) is 0 Å². The van der Waals surface area contributed by atoms with Crippen molar-refractivity contribution >= 4 is 24.0 Å². The van der Waals surface area contributed by atoms with Crippen LogP contribution in [-0.4, -0.2) is 50.1 Å². The highest BCUT2D eigenvalue weighted by molar-refractivity contribution is 5.85. The SMILES string of the molecule is Cc1ccc(C)c(N2CCN(C(=O)[C@H]3CNCC[C@H]3c3ccccc3)CC2)c1.Cl. The number of halogens is 1. The minimum atomic E-state index is 0. The predicted molar refractivity (Wildman–Crippen MR) is 122 cm³/mol. The number of hydrogen-bond acceptors (Lipinski definition) is 3. The van der Waals surface area contributed by atoms with Gasteiger partial charge in [0.1, 0.15) is 0 Å². The molecule has 0 unspecified atom stereocenters. The number of carbonyl (C=O) groups is 1. The molecule has 0 spiro atoms. The molecule has 0 aromatic heterocycles. The predicted octanol–water partition coefficient (Wildman–Crippen LogP) is 3.77. The van der Waals surface area contributed by atoms with Gasteiger partial charge in [-0.05, 0) is 55.5 Å². The van der Waals surface area contributed by atoms with E-state index in [2.05, 4.69) is 71.4 Å². The molecule has 2 aromatic rings. The summed E-state index contributed by atoms with van der Waals surface area (Å²) in [5.41, 5.74) is 5.22. The second kappa shape index (κ2) is 9.64. The average molecular weight is 414 g/mol. The van der Waals surface area contributed by atoms with Crippen LogP contribution in [0.25, 0.3) is 0 Å². The molecule has 2 fully saturated rings. The Bertz CT molecular complexity index is 818. The van der Waals surface area contributed by atoms with Crippen LogP contribution in [0.1, 0.15) is 29.0 Å². The number of nitrogens with zero attached hydrogens (tertiary/aromatic N) is 2. The molecule has 1 amide bonds. The molecule has 2 saturated heterocycles. The lowest BCUT2D eigenvalue weighted by atomic mass is 9.80. The van der Waals surface area contributed by atoms with E-state index in [9.17, 15) is 4.79 Å². The molecule has 1 N–H and O–H groups in total. The van der Waals surface area contributed by atoms with Gasteiger partial charge in [-0.25, -0.2) is 0 Å². The number of hydrogen-bond donors (Lipinski definition) is 1. The summed E-state index contributed by atoms with van der Waals surface area (Å²) in [5.74, 6) is 0.692. The van der Waals surface area contributed by atoms with Crippen LogP contribution in [0.2, 0.25) is 0 Å². The van der Waals surface area contributed by atoms with Crippen LogP contribution in [0.5, 0.6) is 0 Å². The first-order valence-electron chi connectivity index (χ1n) is 10.5. The number of aryl methyl sites for hydroxylation is 2. The van der Waals surface area contributed by atoms with Crippen molar-refractivity contribution in [1.82, 2.24) is 10.2 Å². The molecule has 2 aliphatic heterocycles. The van der Waals surface area contributed by atoms with Gasteiger partial charge in [-0.3, -0.25) is 4.79 Å². The third-order valence-electron chi connectivity index (χ3n) is 6.32. The zero-order valence-corrected chi connectivity index (χ0v) is 18.3. The number of nitrogens with one attached hydrogen (secondary N) is 1. The summed E-state index contributed by atoms with van der Waals surface area (Å²) in [6.45, 7) is 9.53. The average Bonchev–Trinajstić information content (AvgIpc) is 2.76. The third-order valence-corrected chi connectivity index (χ3v) is 6.32. The first-order valence-corrected chi connectivity index (χ1v) is 10.5. The standard InChI is InChI=1S/C24H31N3O.ClH/c1-18-8-9-19(2)23(16-18)26-12-14-27(15-13-26)24(28)22-17-25-11-10-21(22)20-6-4-3-5-7-20;/h3-9,16,21-22,25H,10-15,17H2,1-2H3;1H/t21-,22-;/m0./s1. The van der Waals surface area contributed by atoms with Gasteiger partial charge in [-0.2, -0.15) is 0 Å². The number of piperidine rings is 1. The maximum Gasteiger partial charge on any atom is 0.227 e. The van der Waals surface area contributed by atoms with E-state index in [1.54, 1.807) is 0 Å². The number of rotatable bonds is 3. The van der Waals surface area contributed by atoms with E-state index < -0.39 is 0 Å². The van der Waals surface area contributed by atoms with Crippen molar-refractivity contribution < 1.29 is 4.79 Å². The molecule has 0 bridgehead atoms. The van der Waals surface area contributed by atoms with Crippen LogP contribution < -0.4 is 10.2 Å². The summed E-state index contributed by atoms with van der Waals surface area (Å²) in [6.07, 6.45) is 1.03. The molecule has 4 nitrogen and oxygen atoms in total. The fraction of sp³-hybridized carbons (Fsp3) is 0.458. The Labute approximate surface area is 180 Å². The molecule has 4 rings (SSSR count). The second-order valence-corrected chi connectivity index (χ2v) is 8.22. The molecule has 0 saturated carbocycles. The number of piperazine rings is 1. The fourth-order valence-corrected chi connectivity index (χ4v) is 4.68. The van der Waals surface area contributed by atoms with Crippen LogP contribution in [-0.2, 0) is 4.79 Å². The number of amides is 1. The van der Waals surface area contributed by atoms with Gasteiger partial charge >= 0.3 is 0 Å². The highest BCUT2D eigenvalue weighted by Gasteiger charge is 2.35. The Morgan fingerprint density at radius 1 is 1.00 bits per heavy atom. The van der Waals surface area contributed by atoms with E-state index in [4.69, 9.17) is 0 Å². The summed E-state index contributed by atoms with van der Waals surface area (Å²) in [6, 6.07) is 17.2. The van der Waals surface area contributed by atoms with Gasteiger partial charge in [0.2, 0.25) is 5.91 Å². The van der Waals surface area contributed by atoms with E-state index in [-0.39, 0.29) is 18.3 Å². The maximum atomic E-state index is 13.4. The van der Waals surface area contributed by atoms with Gasteiger partial charge in [0.15, 0.2) is 0 Å². The number of carbonyl (C=O) groups excluding carboxylic acids is 1. The van der Waals surface area contributed by atoms with Gasteiger partial charge in [-0.1, -0.05) is 42.5 Å². The molecule has 156 valence electrons. The maximum absolute atomic E-state index is 13.4. The summed E-state index contributed by atoms with van der Waals surface area (Å²) < 4.78 is 0. The highest BCUT2D eigenvalue weighted by Crippen LogP contribution is 2.32. The van der Waals surface area contributed by atoms with Crippen LogP contribution in [0, 0.1) is 19.8 Å². The molecule has 2 aliphatic rings. The van der Waals surface area contributed by atoms with E-state index in [1.165, 1.54) is 22.4 Å². The lowest BCUT2D eigenvalue weighted by molar-refractivity contribution is -0.137. The lowest BCUT2D eigenvalue weighted by Gasteiger charge is -2.40. The van der Waals surface area contributed by atoms with Gasteiger partial charge < -0.3 is 15.1 Å². The van der Waals surface area contributed by atoms with Crippen molar-refractivity contribution in [1.29, 1.82) is 0 Å². The summed E-state index contributed by atoms with van der Waals surface area (Å²) >= 11 is 0. The number of anilines is 1. The minimum absolute atomic E-state index is 0. The van der Waals surface area contributed by atoms with Crippen molar-refractivity contribution in [2.75, 3.05) is 44.2 Å². The normalized spacial score (nSPS) is 22.1. The smallest absolute Gasteiger partial charge is 0.227 e. The fourth-order valence-electron chi connectivity index (χ4n) is 4.68. The quantitative estimate of drug-likeness (QED) is 0.831. The zero-order valence-electron chi connectivity index (χ0n) is 17.4. The monoisotopic (exact) mass is 413 g/mol.